The van der Waals surface area contributed by atoms with Gasteiger partial charge in [-0.25, -0.2) is 9.37 Å². The molecule has 3 rings (SSSR count). The maximum absolute atomic E-state index is 14.2. The molecule has 0 saturated carbocycles. The van der Waals surface area contributed by atoms with Gasteiger partial charge in [-0.3, -0.25) is 9.80 Å². The summed E-state index contributed by atoms with van der Waals surface area (Å²) in [6.45, 7) is 5.41. The fourth-order valence-electron chi connectivity index (χ4n) is 2.73. The van der Waals surface area contributed by atoms with Gasteiger partial charge in [-0.1, -0.05) is 12.1 Å². The van der Waals surface area contributed by atoms with E-state index in [1.807, 2.05) is 17.6 Å². The molecule has 0 amide bonds. The molecule has 2 heterocycles. The molecular formula is C16H20FN3OS. The van der Waals surface area contributed by atoms with Crippen LogP contribution in [0.25, 0.3) is 0 Å². The van der Waals surface area contributed by atoms with Crippen molar-refractivity contribution in [2.45, 2.75) is 13.1 Å². The van der Waals surface area contributed by atoms with E-state index in [1.165, 1.54) is 7.11 Å². The van der Waals surface area contributed by atoms with Crippen LogP contribution in [0, 0.1) is 5.82 Å². The summed E-state index contributed by atoms with van der Waals surface area (Å²) < 4.78 is 19.2. The van der Waals surface area contributed by atoms with Gasteiger partial charge < -0.3 is 4.74 Å². The van der Waals surface area contributed by atoms with Crippen LogP contribution in [0.5, 0.6) is 5.75 Å². The first-order chi connectivity index (χ1) is 10.8. The number of rotatable bonds is 5. The Morgan fingerprint density at radius 2 is 1.91 bits per heavy atom. The van der Waals surface area contributed by atoms with Gasteiger partial charge in [-0.05, 0) is 6.07 Å². The van der Waals surface area contributed by atoms with Crippen LogP contribution in [0.15, 0.2) is 29.1 Å². The Morgan fingerprint density at radius 1 is 1.18 bits per heavy atom. The number of thiazole rings is 1. The number of piperazine rings is 1. The molecule has 0 aliphatic carbocycles. The minimum atomic E-state index is -0.241. The number of hydrogen-bond acceptors (Lipinski definition) is 5. The highest BCUT2D eigenvalue weighted by molar-refractivity contribution is 7.07. The van der Waals surface area contributed by atoms with Crippen LogP contribution < -0.4 is 4.74 Å². The van der Waals surface area contributed by atoms with Gasteiger partial charge in [0.15, 0.2) is 11.6 Å². The molecule has 22 heavy (non-hydrogen) atoms. The largest absolute Gasteiger partial charge is 0.494 e. The maximum atomic E-state index is 14.2. The molecule has 1 aliphatic rings. The SMILES string of the molecule is COc1cccc(CN2CCN(Cc3cscn3)CC2)c1F. The summed E-state index contributed by atoms with van der Waals surface area (Å²) in [6, 6.07) is 5.33. The van der Waals surface area contributed by atoms with Gasteiger partial charge >= 0.3 is 0 Å². The lowest BCUT2D eigenvalue weighted by Crippen LogP contribution is -2.45. The molecular weight excluding hydrogens is 301 g/mol. The maximum Gasteiger partial charge on any atom is 0.169 e. The quantitative estimate of drug-likeness (QED) is 0.846. The smallest absolute Gasteiger partial charge is 0.169 e. The average molecular weight is 321 g/mol. The van der Waals surface area contributed by atoms with E-state index in [-0.39, 0.29) is 5.82 Å². The third-order valence-corrected chi connectivity index (χ3v) is 4.63. The molecule has 0 bridgehead atoms. The zero-order valence-electron chi connectivity index (χ0n) is 12.7. The number of halogens is 1. The second-order valence-electron chi connectivity index (χ2n) is 5.47. The lowest BCUT2D eigenvalue weighted by molar-refractivity contribution is 0.120. The molecule has 1 saturated heterocycles. The van der Waals surface area contributed by atoms with Gasteiger partial charge in [0.1, 0.15) is 0 Å². The highest BCUT2D eigenvalue weighted by atomic mass is 32.1. The van der Waals surface area contributed by atoms with Crippen LogP contribution in [0.4, 0.5) is 4.39 Å². The van der Waals surface area contributed by atoms with E-state index in [9.17, 15) is 4.39 Å². The van der Waals surface area contributed by atoms with Gasteiger partial charge in [0, 0.05) is 50.2 Å². The molecule has 1 fully saturated rings. The third kappa shape index (κ3) is 3.63. The van der Waals surface area contributed by atoms with E-state index in [1.54, 1.807) is 17.4 Å². The first-order valence-electron chi connectivity index (χ1n) is 7.39. The van der Waals surface area contributed by atoms with Crippen LogP contribution in [0.1, 0.15) is 11.3 Å². The van der Waals surface area contributed by atoms with E-state index in [0.717, 1.165) is 38.4 Å². The Hall–Kier alpha value is -1.50. The molecule has 6 heteroatoms. The monoisotopic (exact) mass is 321 g/mol. The molecule has 118 valence electrons. The Bertz CT molecular complexity index is 597. The molecule has 0 spiro atoms. The average Bonchev–Trinajstić information content (AvgIpc) is 3.04. The van der Waals surface area contributed by atoms with Gasteiger partial charge in [0.25, 0.3) is 0 Å². The molecule has 4 nitrogen and oxygen atoms in total. The van der Waals surface area contributed by atoms with Crippen LogP contribution >= 0.6 is 11.3 Å². The normalized spacial score (nSPS) is 16.8. The summed E-state index contributed by atoms with van der Waals surface area (Å²) in [7, 11) is 1.50. The highest BCUT2D eigenvalue weighted by Gasteiger charge is 2.19. The number of hydrogen-bond donors (Lipinski definition) is 0. The lowest BCUT2D eigenvalue weighted by Gasteiger charge is -2.34. The van der Waals surface area contributed by atoms with Crippen molar-refractivity contribution in [2.24, 2.45) is 0 Å². The molecule has 0 atom stereocenters. The molecule has 0 N–H and O–H groups in total. The fraction of sp³-hybridized carbons (Fsp3) is 0.438. The summed E-state index contributed by atoms with van der Waals surface area (Å²) in [5.41, 5.74) is 3.71. The van der Waals surface area contributed by atoms with Crippen LogP contribution in [-0.2, 0) is 13.1 Å². The van der Waals surface area contributed by atoms with E-state index in [0.29, 0.717) is 17.9 Å². The van der Waals surface area contributed by atoms with Crippen molar-refractivity contribution >= 4 is 11.3 Å². The van der Waals surface area contributed by atoms with Crippen molar-refractivity contribution < 1.29 is 9.13 Å². The Kier molecular flexibility index (Phi) is 5.02. The number of nitrogens with zero attached hydrogens (tertiary/aromatic N) is 3. The zero-order valence-corrected chi connectivity index (χ0v) is 13.5. The topological polar surface area (TPSA) is 28.6 Å². The highest BCUT2D eigenvalue weighted by Crippen LogP contribution is 2.21. The number of methoxy groups -OCH3 is 1. The lowest BCUT2D eigenvalue weighted by atomic mass is 10.1. The van der Waals surface area contributed by atoms with E-state index in [4.69, 9.17) is 4.74 Å². The predicted octanol–water partition coefficient (Wildman–Crippen LogP) is 2.61. The molecule has 0 unspecified atom stereocenters. The van der Waals surface area contributed by atoms with Crippen LogP contribution in [-0.4, -0.2) is 48.1 Å². The van der Waals surface area contributed by atoms with Crippen molar-refractivity contribution in [1.82, 2.24) is 14.8 Å². The summed E-state index contributed by atoms with van der Waals surface area (Å²) in [5.74, 6) is 0.0783. The first kappa shape index (κ1) is 15.4. The summed E-state index contributed by atoms with van der Waals surface area (Å²) >= 11 is 1.63. The van der Waals surface area contributed by atoms with E-state index < -0.39 is 0 Å². The second kappa shape index (κ2) is 7.17. The van der Waals surface area contributed by atoms with Crippen molar-refractivity contribution in [3.8, 4) is 5.75 Å². The minimum Gasteiger partial charge on any atom is -0.494 e. The Balaban J connectivity index is 1.54. The first-order valence-corrected chi connectivity index (χ1v) is 8.33. The van der Waals surface area contributed by atoms with Gasteiger partial charge in [0.2, 0.25) is 0 Å². The minimum absolute atomic E-state index is 0.241. The van der Waals surface area contributed by atoms with Crippen molar-refractivity contribution in [3.05, 3.63) is 46.2 Å². The van der Waals surface area contributed by atoms with E-state index in [2.05, 4.69) is 20.2 Å². The van der Waals surface area contributed by atoms with Crippen molar-refractivity contribution in [3.63, 3.8) is 0 Å². The van der Waals surface area contributed by atoms with E-state index >= 15 is 0 Å². The molecule has 1 aromatic heterocycles. The Labute approximate surface area is 134 Å². The fourth-order valence-corrected chi connectivity index (χ4v) is 3.28. The number of ether oxygens (including phenoxy) is 1. The van der Waals surface area contributed by atoms with Crippen molar-refractivity contribution in [1.29, 1.82) is 0 Å². The van der Waals surface area contributed by atoms with Gasteiger partial charge in [0.05, 0.1) is 18.3 Å². The van der Waals surface area contributed by atoms with Gasteiger partial charge in [-0.15, -0.1) is 11.3 Å². The summed E-state index contributed by atoms with van der Waals surface area (Å²) in [4.78, 5) is 9.01. The molecule has 2 aromatic rings. The molecule has 0 radical (unpaired) electrons. The number of benzene rings is 1. The summed E-state index contributed by atoms with van der Waals surface area (Å²) in [5, 5.41) is 2.10. The summed E-state index contributed by atoms with van der Waals surface area (Å²) in [6.07, 6.45) is 0. The second-order valence-corrected chi connectivity index (χ2v) is 6.18. The molecule has 1 aliphatic heterocycles. The van der Waals surface area contributed by atoms with Crippen LogP contribution in [0.2, 0.25) is 0 Å². The zero-order chi connectivity index (χ0) is 15.4. The standard InChI is InChI=1S/C16H20FN3OS/c1-21-15-4-2-3-13(16(15)17)9-19-5-7-20(8-6-19)10-14-11-22-12-18-14/h2-4,11-12H,5-10H2,1H3. The predicted molar refractivity (Wildman–Crippen MR) is 85.6 cm³/mol. The van der Waals surface area contributed by atoms with Crippen molar-refractivity contribution in [2.75, 3.05) is 33.3 Å². The Morgan fingerprint density at radius 3 is 2.55 bits per heavy atom. The number of aromatic nitrogens is 1. The van der Waals surface area contributed by atoms with Crippen LogP contribution in [0.3, 0.4) is 0 Å². The van der Waals surface area contributed by atoms with Gasteiger partial charge in [-0.2, -0.15) is 0 Å². The third-order valence-electron chi connectivity index (χ3n) is 3.99. The molecule has 1 aromatic carbocycles.